The van der Waals surface area contributed by atoms with Crippen LogP contribution in [0.25, 0.3) is 11.1 Å². The first-order valence-electron chi connectivity index (χ1n) is 5.45. The fourth-order valence-corrected chi connectivity index (χ4v) is 1.89. The first-order valence-corrected chi connectivity index (χ1v) is 5.45. The first kappa shape index (κ1) is 10.9. The van der Waals surface area contributed by atoms with Crippen LogP contribution in [0.2, 0.25) is 0 Å². The van der Waals surface area contributed by atoms with E-state index in [-0.39, 0.29) is 0 Å². The molecule has 0 radical (unpaired) electrons. The van der Waals surface area contributed by atoms with E-state index in [1.54, 1.807) is 0 Å². The van der Waals surface area contributed by atoms with Gasteiger partial charge in [-0.2, -0.15) is 5.10 Å². The van der Waals surface area contributed by atoms with Crippen LogP contribution in [0.4, 0.5) is 0 Å². The maximum atomic E-state index is 4.46. The molecule has 3 heteroatoms. The van der Waals surface area contributed by atoms with Gasteiger partial charge in [-0.25, -0.2) is 0 Å². The van der Waals surface area contributed by atoms with Crippen LogP contribution in [0.15, 0.2) is 30.5 Å². The molecule has 0 aliphatic carbocycles. The van der Waals surface area contributed by atoms with Crippen molar-refractivity contribution in [1.29, 1.82) is 0 Å². The number of hydrogen-bond donors (Lipinski definition) is 1. The standard InChI is InChI=1S/C13H17N3/c1-10-5-4-6-11(7-10)12-9-16(3)15-13(12)8-14-2/h4-7,9,14H,8H2,1-3H3. The summed E-state index contributed by atoms with van der Waals surface area (Å²) in [7, 11) is 3.90. The average Bonchev–Trinajstić information content (AvgIpc) is 2.60. The molecular weight excluding hydrogens is 198 g/mol. The van der Waals surface area contributed by atoms with Gasteiger partial charge in [-0.05, 0) is 19.5 Å². The zero-order valence-electron chi connectivity index (χ0n) is 9.99. The number of nitrogens with zero attached hydrogens (tertiary/aromatic N) is 2. The van der Waals surface area contributed by atoms with Crippen LogP contribution in [0.3, 0.4) is 0 Å². The Morgan fingerprint density at radius 1 is 1.38 bits per heavy atom. The van der Waals surface area contributed by atoms with E-state index in [0.29, 0.717) is 0 Å². The lowest BCUT2D eigenvalue weighted by molar-refractivity contribution is 0.712. The van der Waals surface area contributed by atoms with Gasteiger partial charge in [-0.15, -0.1) is 0 Å². The Balaban J connectivity index is 2.46. The molecule has 0 saturated heterocycles. The molecule has 0 bridgehead atoms. The number of aromatic nitrogens is 2. The molecule has 1 aromatic carbocycles. The molecule has 0 aliphatic heterocycles. The van der Waals surface area contributed by atoms with Gasteiger partial charge < -0.3 is 5.32 Å². The molecule has 0 amide bonds. The van der Waals surface area contributed by atoms with Crippen molar-refractivity contribution in [3.63, 3.8) is 0 Å². The predicted molar refractivity (Wildman–Crippen MR) is 66.1 cm³/mol. The van der Waals surface area contributed by atoms with E-state index < -0.39 is 0 Å². The Morgan fingerprint density at radius 2 is 2.19 bits per heavy atom. The highest BCUT2D eigenvalue weighted by atomic mass is 15.3. The van der Waals surface area contributed by atoms with E-state index in [9.17, 15) is 0 Å². The van der Waals surface area contributed by atoms with Crippen molar-refractivity contribution >= 4 is 0 Å². The summed E-state index contributed by atoms with van der Waals surface area (Å²) >= 11 is 0. The third-order valence-corrected chi connectivity index (χ3v) is 2.58. The average molecular weight is 215 g/mol. The van der Waals surface area contributed by atoms with Gasteiger partial charge in [-0.3, -0.25) is 4.68 Å². The van der Waals surface area contributed by atoms with Crippen LogP contribution in [0.5, 0.6) is 0 Å². The van der Waals surface area contributed by atoms with Crippen molar-refractivity contribution in [1.82, 2.24) is 15.1 Å². The molecule has 16 heavy (non-hydrogen) atoms. The predicted octanol–water partition coefficient (Wildman–Crippen LogP) is 2.11. The Morgan fingerprint density at radius 3 is 2.88 bits per heavy atom. The second kappa shape index (κ2) is 4.49. The number of benzene rings is 1. The lowest BCUT2D eigenvalue weighted by Crippen LogP contribution is -2.07. The fourth-order valence-electron chi connectivity index (χ4n) is 1.89. The van der Waals surface area contributed by atoms with Gasteiger partial charge in [-0.1, -0.05) is 29.8 Å². The van der Waals surface area contributed by atoms with E-state index in [1.165, 1.54) is 16.7 Å². The normalized spacial score (nSPS) is 10.7. The summed E-state index contributed by atoms with van der Waals surface area (Å²) in [6.45, 7) is 2.90. The molecule has 2 aromatic rings. The van der Waals surface area contributed by atoms with Crippen molar-refractivity contribution < 1.29 is 0 Å². The molecule has 1 N–H and O–H groups in total. The summed E-state index contributed by atoms with van der Waals surface area (Å²) in [5.41, 5.74) is 4.81. The largest absolute Gasteiger partial charge is 0.314 e. The zero-order chi connectivity index (χ0) is 11.5. The van der Waals surface area contributed by atoms with Gasteiger partial charge in [0.25, 0.3) is 0 Å². The quantitative estimate of drug-likeness (QED) is 0.850. The molecule has 0 spiro atoms. The Kier molecular flexibility index (Phi) is 3.06. The first-order chi connectivity index (χ1) is 7.70. The maximum Gasteiger partial charge on any atom is 0.0840 e. The van der Waals surface area contributed by atoms with Gasteiger partial charge in [0.2, 0.25) is 0 Å². The highest BCUT2D eigenvalue weighted by molar-refractivity contribution is 5.65. The van der Waals surface area contributed by atoms with Crippen LogP contribution in [-0.2, 0) is 13.6 Å². The van der Waals surface area contributed by atoms with Crippen molar-refractivity contribution in [2.24, 2.45) is 7.05 Å². The van der Waals surface area contributed by atoms with Crippen LogP contribution in [0.1, 0.15) is 11.3 Å². The Bertz CT molecular complexity index is 486. The number of aryl methyl sites for hydroxylation is 2. The Labute approximate surface area is 96.1 Å². The molecule has 1 aromatic heterocycles. The molecule has 84 valence electrons. The van der Waals surface area contributed by atoms with Crippen LogP contribution < -0.4 is 5.32 Å². The molecule has 2 rings (SSSR count). The van der Waals surface area contributed by atoms with E-state index in [2.05, 4.69) is 47.8 Å². The number of nitrogens with one attached hydrogen (secondary N) is 1. The SMILES string of the molecule is CNCc1nn(C)cc1-c1cccc(C)c1. The van der Waals surface area contributed by atoms with E-state index in [4.69, 9.17) is 0 Å². The minimum Gasteiger partial charge on any atom is -0.314 e. The van der Waals surface area contributed by atoms with Crippen LogP contribution >= 0.6 is 0 Å². The van der Waals surface area contributed by atoms with Crippen molar-refractivity contribution in [3.8, 4) is 11.1 Å². The lowest BCUT2D eigenvalue weighted by atomic mass is 10.0. The molecule has 0 aliphatic rings. The summed E-state index contributed by atoms with van der Waals surface area (Å²) in [6.07, 6.45) is 2.07. The summed E-state index contributed by atoms with van der Waals surface area (Å²) in [5.74, 6) is 0. The maximum absolute atomic E-state index is 4.46. The van der Waals surface area contributed by atoms with Gasteiger partial charge in [0.15, 0.2) is 0 Å². The topological polar surface area (TPSA) is 29.9 Å². The summed E-state index contributed by atoms with van der Waals surface area (Å²) in [6, 6.07) is 8.51. The monoisotopic (exact) mass is 215 g/mol. The molecule has 0 saturated carbocycles. The smallest absolute Gasteiger partial charge is 0.0840 e. The third kappa shape index (κ3) is 2.14. The van der Waals surface area contributed by atoms with Crippen LogP contribution in [0, 0.1) is 6.92 Å². The molecule has 0 atom stereocenters. The molecule has 3 nitrogen and oxygen atoms in total. The minimum atomic E-state index is 0.796. The fraction of sp³-hybridized carbons (Fsp3) is 0.308. The van der Waals surface area contributed by atoms with E-state index in [0.717, 1.165) is 12.2 Å². The Hall–Kier alpha value is -1.61. The summed E-state index contributed by atoms with van der Waals surface area (Å²) < 4.78 is 1.87. The van der Waals surface area contributed by atoms with E-state index in [1.807, 2.05) is 18.8 Å². The lowest BCUT2D eigenvalue weighted by Gasteiger charge is -2.02. The van der Waals surface area contributed by atoms with Crippen molar-refractivity contribution in [2.45, 2.75) is 13.5 Å². The van der Waals surface area contributed by atoms with Gasteiger partial charge in [0, 0.05) is 25.4 Å². The van der Waals surface area contributed by atoms with Crippen molar-refractivity contribution in [2.75, 3.05) is 7.05 Å². The molecule has 0 fully saturated rings. The minimum absolute atomic E-state index is 0.796. The number of rotatable bonds is 3. The van der Waals surface area contributed by atoms with Gasteiger partial charge in [0.05, 0.1) is 5.69 Å². The van der Waals surface area contributed by atoms with Crippen molar-refractivity contribution in [3.05, 3.63) is 41.7 Å². The molecular formula is C13H17N3. The van der Waals surface area contributed by atoms with E-state index >= 15 is 0 Å². The molecule has 1 heterocycles. The second-order valence-corrected chi connectivity index (χ2v) is 4.06. The summed E-state index contributed by atoms with van der Waals surface area (Å²) in [5, 5.41) is 7.61. The highest BCUT2D eigenvalue weighted by Crippen LogP contribution is 2.23. The van der Waals surface area contributed by atoms with Gasteiger partial charge in [0.1, 0.15) is 0 Å². The molecule has 0 unspecified atom stereocenters. The van der Waals surface area contributed by atoms with Crippen LogP contribution in [-0.4, -0.2) is 16.8 Å². The summed E-state index contributed by atoms with van der Waals surface area (Å²) in [4.78, 5) is 0. The third-order valence-electron chi connectivity index (χ3n) is 2.58. The van der Waals surface area contributed by atoms with Gasteiger partial charge >= 0.3 is 0 Å². The second-order valence-electron chi connectivity index (χ2n) is 4.06. The highest BCUT2D eigenvalue weighted by Gasteiger charge is 2.08. The zero-order valence-corrected chi connectivity index (χ0v) is 9.99. The number of hydrogen-bond acceptors (Lipinski definition) is 2.